The second-order valence-corrected chi connectivity index (χ2v) is 6.49. The zero-order chi connectivity index (χ0) is 15.0. The normalized spacial score (nSPS) is 10.6. The highest BCUT2D eigenvalue weighted by Gasteiger charge is 2.10. The smallest absolute Gasteiger partial charge is 0.315 e. The van der Waals surface area contributed by atoms with Crippen LogP contribution in [0.2, 0.25) is 0 Å². The van der Waals surface area contributed by atoms with Gasteiger partial charge in [-0.2, -0.15) is 0 Å². The van der Waals surface area contributed by atoms with Crippen molar-refractivity contribution in [3.8, 4) is 0 Å². The van der Waals surface area contributed by atoms with Crippen molar-refractivity contribution >= 4 is 40.1 Å². The van der Waals surface area contributed by atoms with Crippen LogP contribution in [0.1, 0.15) is 25.8 Å². The summed E-state index contributed by atoms with van der Waals surface area (Å²) >= 11 is 2.60. The van der Waals surface area contributed by atoms with E-state index in [4.69, 9.17) is 4.74 Å². The number of thioether (sulfide) groups is 1. The Bertz CT molecular complexity index is 449. The number of rotatable bonds is 8. The van der Waals surface area contributed by atoms with Crippen molar-refractivity contribution < 1.29 is 14.3 Å². The lowest BCUT2D eigenvalue weighted by atomic mass is 10.1. The van der Waals surface area contributed by atoms with Crippen LogP contribution in [-0.2, 0) is 20.7 Å². The molecule has 0 aromatic carbocycles. The van der Waals surface area contributed by atoms with Crippen LogP contribution in [0.15, 0.2) is 0 Å². The largest absolute Gasteiger partial charge is 0.465 e. The summed E-state index contributed by atoms with van der Waals surface area (Å²) in [6.07, 6.45) is 0.852. The number of hydrogen-bond acceptors (Lipinski definition) is 7. The minimum atomic E-state index is -0.305. The van der Waals surface area contributed by atoms with Crippen LogP contribution in [0.3, 0.4) is 0 Å². The van der Waals surface area contributed by atoms with Gasteiger partial charge in [0.2, 0.25) is 11.0 Å². The Morgan fingerprint density at radius 2 is 2.10 bits per heavy atom. The third-order valence-electron chi connectivity index (χ3n) is 2.05. The van der Waals surface area contributed by atoms with E-state index in [0.717, 1.165) is 11.4 Å². The number of carbonyl (C=O) groups excluding carboxylic acids is 2. The standard InChI is InChI=1S/C12H19N3O3S2/c1-4-18-11(17)7-19-6-9(16)13-12-15-14-10(20-12)5-8(2)3/h8H,4-7H2,1-3H3,(H,13,15,16). The predicted octanol–water partition coefficient (Wildman–Crippen LogP) is 1.97. The van der Waals surface area contributed by atoms with Crippen LogP contribution in [-0.4, -0.2) is 40.2 Å². The lowest BCUT2D eigenvalue weighted by Gasteiger charge is -2.02. The Morgan fingerprint density at radius 1 is 1.35 bits per heavy atom. The number of ether oxygens (including phenoxy) is 1. The summed E-state index contributed by atoms with van der Waals surface area (Å²) in [4.78, 5) is 22.7. The molecule has 0 spiro atoms. The molecule has 20 heavy (non-hydrogen) atoms. The van der Waals surface area contributed by atoms with Gasteiger partial charge in [-0.1, -0.05) is 25.2 Å². The fourth-order valence-electron chi connectivity index (χ4n) is 1.32. The van der Waals surface area contributed by atoms with Crippen LogP contribution in [0.5, 0.6) is 0 Å². The van der Waals surface area contributed by atoms with Gasteiger partial charge in [0.25, 0.3) is 0 Å². The summed E-state index contributed by atoms with van der Waals surface area (Å²) < 4.78 is 4.77. The van der Waals surface area contributed by atoms with Gasteiger partial charge in [-0.25, -0.2) is 0 Å². The van der Waals surface area contributed by atoms with E-state index in [-0.39, 0.29) is 23.4 Å². The maximum atomic E-state index is 11.6. The molecule has 1 aromatic rings. The highest BCUT2D eigenvalue weighted by atomic mass is 32.2. The molecule has 0 saturated carbocycles. The molecule has 1 rings (SSSR count). The second-order valence-electron chi connectivity index (χ2n) is 4.44. The predicted molar refractivity (Wildman–Crippen MR) is 81.0 cm³/mol. The van der Waals surface area contributed by atoms with Crippen LogP contribution in [0, 0.1) is 5.92 Å². The molecule has 0 aliphatic heterocycles. The molecule has 0 fully saturated rings. The second kappa shape index (κ2) is 8.91. The third-order valence-corrected chi connectivity index (χ3v) is 3.82. The Labute approximate surface area is 126 Å². The van der Waals surface area contributed by atoms with Gasteiger partial charge in [0.05, 0.1) is 18.1 Å². The Balaban J connectivity index is 2.28. The van der Waals surface area contributed by atoms with Gasteiger partial charge < -0.3 is 4.74 Å². The van der Waals surface area contributed by atoms with E-state index in [9.17, 15) is 9.59 Å². The first-order chi connectivity index (χ1) is 9.51. The van der Waals surface area contributed by atoms with Crippen molar-refractivity contribution in [3.05, 3.63) is 5.01 Å². The molecule has 0 saturated heterocycles. The fourth-order valence-corrected chi connectivity index (χ4v) is 2.90. The number of carbonyl (C=O) groups is 2. The Hall–Kier alpha value is -1.15. The summed E-state index contributed by atoms with van der Waals surface area (Å²) in [6, 6.07) is 0. The van der Waals surface area contributed by atoms with Crippen molar-refractivity contribution in [2.24, 2.45) is 5.92 Å². The Morgan fingerprint density at radius 3 is 2.75 bits per heavy atom. The summed E-state index contributed by atoms with van der Waals surface area (Å²) in [5.74, 6) is 0.382. The van der Waals surface area contributed by atoms with Crippen LogP contribution in [0.4, 0.5) is 5.13 Å². The van der Waals surface area contributed by atoms with E-state index in [0.29, 0.717) is 17.7 Å². The number of hydrogen-bond donors (Lipinski definition) is 1. The summed E-state index contributed by atoms with van der Waals surface area (Å²) in [6.45, 7) is 6.31. The van der Waals surface area contributed by atoms with Crippen molar-refractivity contribution in [1.29, 1.82) is 0 Å². The molecule has 0 aliphatic carbocycles. The van der Waals surface area contributed by atoms with Crippen molar-refractivity contribution in [3.63, 3.8) is 0 Å². The molecule has 1 amide bonds. The molecule has 112 valence electrons. The summed E-state index contributed by atoms with van der Waals surface area (Å²) in [5.41, 5.74) is 0. The topological polar surface area (TPSA) is 81.2 Å². The number of anilines is 1. The van der Waals surface area contributed by atoms with Gasteiger partial charge in [-0.05, 0) is 12.8 Å². The van der Waals surface area contributed by atoms with E-state index in [1.165, 1.54) is 23.1 Å². The molecular weight excluding hydrogens is 298 g/mol. The van der Waals surface area contributed by atoms with Crippen molar-refractivity contribution in [2.45, 2.75) is 27.2 Å². The number of nitrogens with one attached hydrogen (secondary N) is 1. The monoisotopic (exact) mass is 317 g/mol. The summed E-state index contributed by atoms with van der Waals surface area (Å²) in [7, 11) is 0. The van der Waals surface area contributed by atoms with Gasteiger partial charge in [-0.15, -0.1) is 22.0 Å². The minimum absolute atomic E-state index is 0.177. The quantitative estimate of drug-likeness (QED) is 0.738. The molecule has 1 N–H and O–H groups in total. The molecule has 0 atom stereocenters. The number of amides is 1. The van der Waals surface area contributed by atoms with Crippen LogP contribution >= 0.6 is 23.1 Å². The van der Waals surface area contributed by atoms with E-state index >= 15 is 0 Å². The van der Waals surface area contributed by atoms with Crippen LogP contribution < -0.4 is 5.32 Å². The lowest BCUT2D eigenvalue weighted by Crippen LogP contribution is -2.16. The maximum absolute atomic E-state index is 11.6. The molecule has 0 radical (unpaired) electrons. The molecule has 1 aromatic heterocycles. The average molecular weight is 317 g/mol. The molecule has 0 aliphatic rings. The first-order valence-electron chi connectivity index (χ1n) is 6.36. The first kappa shape index (κ1) is 16.9. The first-order valence-corrected chi connectivity index (χ1v) is 8.34. The third kappa shape index (κ3) is 6.85. The van der Waals surface area contributed by atoms with Gasteiger partial charge in [-0.3, -0.25) is 14.9 Å². The molecule has 8 heteroatoms. The van der Waals surface area contributed by atoms with E-state index in [1.54, 1.807) is 6.92 Å². The maximum Gasteiger partial charge on any atom is 0.315 e. The SMILES string of the molecule is CCOC(=O)CSCC(=O)Nc1nnc(CC(C)C)s1. The zero-order valence-corrected chi connectivity index (χ0v) is 13.5. The van der Waals surface area contributed by atoms with E-state index < -0.39 is 0 Å². The Kier molecular flexibility index (Phi) is 7.53. The highest BCUT2D eigenvalue weighted by Crippen LogP contribution is 2.18. The molecule has 0 unspecified atom stereocenters. The average Bonchev–Trinajstić information content (AvgIpc) is 2.75. The number of esters is 1. The van der Waals surface area contributed by atoms with Gasteiger partial charge in [0, 0.05) is 6.42 Å². The van der Waals surface area contributed by atoms with Gasteiger partial charge in [0.15, 0.2) is 0 Å². The number of aromatic nitrogens is 2. The van der Waals surface area contributed by atoms with Gasteiger partial charge >= 0.3 is 5.97 Å². The zero-order valence-electron chi connectivity index (χ0n) is 11.8. The van der Waals surface area contributed by atoms with Crippen molar-refractivity contribution in [2.75, 3.05) is 23.4 Å². The number of nitrogens with zero attached hydrogens (tertiary/aromatic N) is 2. The van der Waals surface area contributed by atoms with E-state index in [2.05, 4.69) is 29.4 Å². The van der Waals surface area contributed by atoms with Crippen LogP contribution in [0.25, 0.3) is 0 Å². The fraction of sp³-hybridized carbons (Fsp3) is 0.667. The molecular formula is C12H19N3O3S2. The molecule has 6 nitrogen and oxygen atoms in total. The minimum Gasteiger partial charge on any atom is -0.465 e. The van der Waals surface area contributed by atoms with Gasteiger partial charge in [0.1, 0.15) is 5.01 Å². The van der Waals surface area contributed by atoms with E-state index in [1.807, 2.05) is 0 Å². The summed E-state index contributed by atoms with van der Waals surface area (Å²) in [5, 5.41) is 12.0. The highest BCUT2D eigenvalue weighted by molar-refractivity contribution is 8.00. The molecule has 0 bridgehead atoms. The molecule has 1 heterocycles. The van der Waals surface area contributed by atoms with Crippen molar-refractivity contribution in [1.82, 2.24) is 10.2 Å². The lowest BCUT2D eigenvalue weighted by molar-refractivity contribution is -0.139.